The third-order valence-electron chi connectivity index (χ3n) is 1.77. The zero-order valence-electron chi connectivity index (χ0n) is 6.80. The smallest absolute Gasteiger partial charge is 0.219 e. The molecule has 0 unspecified atom stereocenters. The van der Waals surface area contributed by atoms with E-state index in [0.717, 1.165) is 25.0 Å². The van der Waals surface area contributed by atoms with Crippen LogP contribution in [0.5, 0.6) is 5.75 Å². The highest BCUT2D eigenvalue weighted by atomic mass is 127. The van der Waals surface area contributed by atoms with Crippen molar-refractivity contribution in [2.75, 3.05) is 7.11 Å². The summed E-state index contributed by atoms with van der Waals surface area (Å²) in [6, 6.07) is 5.78. The predicted octanol–water partition coefficient (Wildman–Crippen LogP) is 3.65. The van der Waals surface area contributed by atoms with Crippen molar-refractivity contribution in [1.82, 2.24) is 0 Å². The van der Waals surface area contributed by atoms with E-state index in [1.807, 2.05) is 18.2 Å². The van der Waals surface area contributed by atoms with Crippen molar-refractivity contribution < 1.29 is 9.13 Å². The first-order chi connectivity index (χ1) is 6.22. The molecule has 0 amide bonds. The molecule has 0 aliphatic heterocycles. The minimum atomic E-state index is -0.250. The van der Waals surface area contributed by atoms with Gasteiger partial charge in [-0.3, -0.25) is 0 Å². The molecule has 0 N–H and O–H groups in total. The summed E-state index contributed by atoms with van der Waals surface area (Å²) >= 11 is 3.33. The number of methoxy groups -OCH3 is 1. The summed E-state index contributed by atoms with van der Waals surface area (Å²) in [6.07, 6.45) is 0. The summed E-state index contributed by atoms with van der Waals surface area (Å²) in [5, 5.41) is 0.602. The zero-order valence-corrected chi connectivity index (χ0v) is 9.78. The minimum Gasteiger partial charge on any atom is -0.492 e. The molecule has 13 heavy (non-hydrogen) atoms. The van der Waals surface area contributed by atoms with Crippen LogP contribution >= 0.6 is 33.9 Å². The maximum atomic E-state index is 13.2. The van der Waals surface area contributed by atoms with Crippen LogP contribution in [0.15, 0.2) is 18.2 Å². The lowest BCUT2D eigenvalue weighted by atomic mass is 10.2. The number of benzene rings is 1. The van der Waals surface area contributed by atoms with E-state index in [4.69, 9.17) is 4.74 Å². The van der Waals surface area contributed by atoms with Crippen LogP contribution in [-0.4, -0.2) is 7.11 Å². The molecule has 1 nitrogen and oxygen atoms in total. The van der Waals surface area contributed by atoms with Crippen molar-refractivity contribution in [3.05, 3.63) is 26.9 Å². The zero-order chi connectivity index (χ0) is 9.42. The van der Waals surface area contributed by atoms with Crippen LogP contribution in [0, 0.1) is 8.70 Å². The summed E-state index contributed by atoms with van der Waals surface area (Å²) < 4.78 is 20.2. The molecule has 0 spiro atoms. The molecule has 1 aromatic heterocycles. The second-order valence-corrected chi connectivity index (χ2v) is 4.80. The number of thiophene rings is 1. The van der Waals surface area contributed by atoms with Crippen molar-refractivity contribution in [3.8, 4) is 5.75 Å². The van der Waals surface area contributed by atoms with Crippen LogP contribution in [0.25, 0.3) is 10.1 Å². The van der Waals surface area contributed by atoms with E-state index < -0.39 is 0 Å². The van der Waals surface area contributed by atoms with Gasteiger partial charge in [-0.1, -0.05) is 0 Å². The normalized spacial score (nSPS) is 10.7. The van der Waals surface area contributed by atoms with Gasteiger partial charge < -0.3 is 4.74 Å². The SMILES string of the molecule is COc1c(F)sc2cc(I)ccc12. The fourth-order valence-corrected chi connectivity index (χ4v) is 2.85. The lowest BCUT2D eigenvalue weighted by molar-refractivity contribution is 0.398. The molecule has 2 aromatic rings. The molecule has 0 saturated carbocycles. The first-order valence-electron chi connectivity index (χ1n) is 3.64. The quantitative estimate of drug-likeness (QED) is 0.731. The third kappa shape index (κ3) is 1.52. The molecule has 0 bridgehead atoms. The van der Waals surface area contributed by atoms with Crippen LogP contribution in [0.4, 0.5) is 4.39 Å². The highest BCUT2D eigenvalue weighted by molar-refractivity contribution is 14.1. The van der Waals surface area contributed by atoms with Gasteiger partial charge in [-0.15, -0.1) is 11.3 Å². The van der Waals surface area contributed by atoms with Gasteiger partial charge in [0, 0.05) is 13.7 Å². The standard InChI is InChI=1S/C9H6FIOS/c1-12-8-6-3-2-5(11)4-7(6)13-9(8)10/h2-4H,1H3. The molecule has 0 fully saturated rings. The van der Waals surface area contributed by atoms with E-state index in [-0.39, 0.29) is 5.13 Å². The Morgan fingerprint density at radius 1 is 1.46 bits per heavy atom. The van der Waals surface area contributed by atoms with E-state index in [1.165, 1.54) is 7.11 Å². The fraction of sp³-hybridized carbons (Fsp3) is 0.111. The van der Waals surface area contributed by atoms with Crippen LogP contribution in [-0.2, 0) is 0 Å². The molecule has 68 valence electrons. The average molecular weight is 308 g/mol. The predicted molar refractivity (Wildman–Crippen MR) is 61.1 cm³/mol. The van der Waals surface area contributed by atoms with Crippen LogP contribution < -0.4 is 4.74 Å². The summed E-state index contributed by atoms with van der Waals surface area (Å²) in [4.78, 5) is 0. The Kier molecular flexibility index (Phi) is 2.42. The Labute approximate surface area is 92.7 Å². The summed E-state index contributed by atoms with van der Waals surface area (Å²) in [7, 11) is 1.49. The van der Waals surface area contributed by atoms with Crippen molar-refractivity contribution in [2.24, 2.45) is 0 Å². The number of hydrogen-bond acceptors (Lipinski definition) is 2. The Morgan fingerprint density at radius 2 is 2.23 bits per heavy atom. The maximum Gasteiger partial charge on any atom is 0.219 e. The van der Waals surface area contributed by atoms with Gasteiger partial charge in [-0.2, -0.15) is 4.39 Å². The molecule has 4 heteroatoms. The Hall–Kier alpha value is -0.360. The highest BCUT2D eigenvalue weighted by Gasteiger charge is 2.11. The van der Waals surface area contributed by atoms with Crippen molar-refractivity contribution in [1.29, 1.82) is 0 Å². The molecule has 1 heterocycles. The Morgan fingerprint density at radius 3 is 2.92 bits per heavy atom. The molecule has 0 radical (unpaired) electrons. The number of halogens is 2. The van der Waals surface area contributed by atoms with E-state index in [1.54, 1.807) is 0 Å². The lowest BCUT2D eigenvalue weighted by Crippen LogP contribution is -1.82. The number of ether oxygens (including phenoxy) is 1. The van der Waals surface area contributed by atoms with E-state index >= 15 is 0 Å². The molecule has 1 aromatic carbocycles. The Bertz CT molecular complexity index is 452. The molecule has 2 rings (SSSR count). The van der Waals surface area contributed by atoms with Gasteiger partial charge in [-0.05, 0) is 40.8 Å². The average Bonchev–Trinajstić information content (AvgIpc) is 2.39. The summed E-state index contributed by atoms with van der Waals surface area (Å²) in [6.45, 7) is 0. The first kappa shape index (κ1) is 9.21. The fourth-order valence-electron chi connectivity index (χ4n) is 1.21. The summed E-state index contributed by atoms with van der Waals surface area (Å²) in [5.74, 6) is 0.358. The van der Waals surface area contributed by atoms with Crippen LogP contribution in [0.3, 0.4) is 0 Å². The Balaban J connectivity index is 2.79. The highest BCUT2D eigenvalue weighted by Crippen LogP contribution is 2.36. The topological polar surface area (TPSA) is 9.23 Å². The van der Waals surface area contributed by atoms with E-state index in [9.17, 15) is 4.39 Å². The van der Waals surface area contributed by atoms with Crippen molar-refractivity contribution in [3.63, 3.8) is 0 Å². The van der Waals surface area contributed by atoms with E-state index in [0.29, 0.717) is 5.75 Å². The number of fused-ring (bicyclic) bond motifs is 1. The van der Waals surface area contributed by atoms with Gasteiger partial charge in [0.15, 0.2) is 5.75 Å². The molecule has 0 saturated heterocycles. The molecule has 0 aliphatic carbocycles. The minimum absolute atomic E-state index is 0.250. The van der Waals surface area contributed by atoms with Gasteiger partial charge in [0.2, 0.25) is 5.13 Å². The van der Waals surface area contributed by atoms with Crippen LogP contribution in [0.1, 0.15) is 0 Å². The number of rotatable bonds is 1. The number of hydrogen-bond donors (Lipinski definition) is 0. The molecule has 0 aliphatic rings. The van der Waals surface area contributed by atoms with Gasteiger partial charge in [0.05, 0.1) is 7.11 Å². The third-order valence-corrected chi connectivity index (χ3v) is 3.36. The summed E-state index contributed by atoms with van der Waals surface area (Å²) in [5.41, 5.74) is 0. The first-order valence-corrected chi connectivity index (χ1v) is 5.53. The van der Waals surface area contributed by atoms with Gasteiger partial charge >= 0.3 is 0 Å². The second-order valence-electron chi connectivity index (χ2n) is 2.55. The maximum absolute atomic E-state index is 13.2. The van der Waals surface area contributed by atoms with Gasteiger partial charge in [0.1, 0.15) is 0 Å². The van der Waals surface area contributed by atoms with Gasteiger partial charge in [-0.25, -0.2) is 0 Å². The van der Waals surface area contributed by atoms with Gasteiger partial charge in [0.25, 0.3) is 0 Å². The van der Waals surface area contributed by atoms with Crippen molar-refractivity contribution in [2.45, 2.75) is 0 Å². The lowest BCUT2D eigenvalue weighted by Gasteiger charge is -1.96. The van der Waals surface area contributed by atoms with E-state index in [2.05, 4.69) is 22.6 Å². The molecule has 0 atom stereocenters. The van der Waals surface area contributed by atoms with Crippen LogP contribution in [0.2, 0.25) is 0 Å². The monoisotopic (exact) mass is 308 g/mol. The molecular weight excluding hydrogens is 302 g/mol. The molecular formula is C9H6FIOS. The second kappa shape index (κ2) is 3.42. The largest absolute Gasteiger partial charge is 0.492 e. The van der Waals surface area contributed by atoms with Crippen molar-refractivity contribution >= 4 is 44.0 Å².